The van der Waals surface area contributed by atoms with Crippen molar-refractivity contribution in [1.29, 1.82) is 0 Å². The maximum Gasteiger partial charge on any atom is 0.223 e. The number of nitrogens with one attached hydrogen (secondary N) is 1. The van der Waals surface area contributed by atoms with Gasteiger partial charge in [0.05, 0.1) is 36.9 Å². The van der Waals surface area contributed by atoms with Gasteiger partial charge in [0, 0.05) is 19.5 Å². The van der Waals surface area contributed by atoms with Crippen molar-refractivity contribution >= 4 is 16.0 Å². The second kappa shape index (κ2) is 5.15. The predicted octanol–water partition coefficient (Wildman–Crippen LogP) is 0.221. The van der Waals surface area contributed by atoms with Crippen molar-refractivity contribution in [3.8, 4) is 0 Å². The van der Waals surface area contributed by atoms with Crippen molar-refractivity contribution in [3.63, 3.8) is 0 Å². The van der Waals surface area contributed by atoms with E-state index in [1.165, 1.54) is 10.6 Å². The average molecular weight is 316 g/mol. The molecule has 0 radical (unpaired) electrons. The highest BCUT2D eigenvalue weighted by atomic mass is 32.2. The predicted molar refractivity (Wildman–Crippen MR) is 73.7 cm³/mol. The lowest BCUT2D eigenvalue weighted by Crippen LogP contribution is -2.35. The lowest BCUT2D eigenvalue weighted by Gasteiger charge is -2.22. The fraction of sp³-hybridized carbons (Fsp3) is 0.667. The van der Waals surface area contributed by atoms with Gasteiger partial charge in [0.1, 0.15) is 0 Å². The Balaban J connectivity index is 1.62. The molecule has 2 atom stereocenters. The Bertz CT molecular complexity index is 624. The first-order valence-corrected chi connectivity index (χ1v) is 8.54. The van der Waals surface area contributed by atoms with Crippen LogP contribution in [-0.4, -0.2) is 60.3 Å². The van der Waals surface area contributed by atoms with Crippen molar-refractivity contribution in [2.75, 3.05) is 31.3 Å². The standard InChI is InChI=1S/C12H17FN4O3S/c1-21(18,19)17-3-2-12(8-17)4-10(7-20-12)16-11-14-5-9(13)6-15-11/h5-6,10H,2-4,7-8H2,1H3,(H,14,15,16). The lowest BCUT2D eigenvalue weighted by atomic mass is 9.97. The van der Waals surface area contributed by atoms with Crippen LogP contribution in [0.2, 0.25) is 0 Å². The van der Waals surface area contributed by atoms with E-state index in [2.05, 4.69) is 15.3 Å². The third-order valence-electron chi connectivity index (χ3n) is 3.91. The van der Waals surface area contributed by atoms with E-state index in [0.29, 0.717) is 38.5 Å². The lowest BCUT2D eigenvalue weighted by molar-refractivity contribution is 0.0173. The van der Waals surface area contributed by atoms with Gasteiger partial charge in [0.2, 0.25) is 16.0 Å². The number of ether oxygens (including phenoxy) is 1. The summed E-state index contributed by atoms with van der Waals surface area (Å²) in [6.07, 6.45) is 4.77. The number of hydrogen-bond donors (Lipinski definition) is 1. The van der Waals surface area contributed by atoms with Gasteiger partial charge in [0.15, 0.2) is 5.82 Å². The molecule has 1 spiro atoms. The molecule has 3 heterocycles. The summed E-state index contributed by atoms with van der Waals surface area (Å²) >= 11 is 0. The SMILES string of the molecule is CS(=O)(=O)N1CCC2(CC(Nc3ncc(F)cn3)CO2)C1. The van der Waals surface area contributed by atoms with Gasteiger partial charge in [-0.25, -0.2) is 22.8 Å². The molecule has 1 aromatic rings. The molecule has 0 amide bonds. The Morgan fingerprint density at radius 1 is 1.48 bits per heavy atom. The van der Waals surface area contributed by atoms with Crippen LogP contribution in [0.25, 0.3) is 0 Å². The summed E-state index contributed by atoms with van der Waals surface area (Å²) in [5.74, 6) is -0.140. The number of anilines is 1. The number of aromatic nitrogens is 2. The molecule has 1 aromatic heterocycles. The molecule has 0 saturated carbocycles. The minimum Gasteiger partial charge on any atom is -0.371 e. The van der Waals surface area contributed by atoms with E-state index in [9.17, 15) is 12.8 Å². The molecular formula is C12H17FN4O3S. The minimum absolute atomic E-state index is 0.00466. The number of sulfonamides is 1. The molecule has 21 heavy (non-hydrogen) atoms. The molecular weight excluding hydrogens is 299 g/mol. The van der Waals surface area contributed by atoms with Crippen molar-refractivity contribution in [1.82, 2.24) is 14.3 Å². The molecule has 3 rings (SSSR count). The average Bonchev–Trinajstić information content (AvgIpc) is 3.00. The van der Waals surface area contributed by atoms with Crippen LogP contribution in [0.5, 0.6) is 0 Å². The number of halogens is 1. The highest BCUT2D eigenvalue weighted by Crippen LogP contribution is 2.36. The van der Waals surface area contributed by atoms with E-state index >= 15 is 0 Å². The van der Waals surface area contributed by atoms with Gasteiger partial charge in [-0.05, 0) is 6.42 Å². The van der Waals surface area contributed by atoms with E-state index < -0.39 is 21.4 Å². The van der Waals surface area contributed by atoms with Crippen LogP contribution in [0, 0.1) is 5.82 Å². The Kier molecular flexibility index (Phi) is 3.58. The Hall–Kier alpha value is -1.32. The second-order valence-corrected chi connectivity index (χ2v) is 7.59. The second-order valence-electron chi connectivity index (χ2n) is 5.61. The van der Waals surface area contributed by atoms with Crippen LogP contribution in [0.15, 0.2) is 12.4 Å². The molecule has 116 valence electrons. The fourth-order valence-corrected chi connectivity index (χ4v) is 3.77. The van der Waals surface area contributed by atoms with Crippen LogP contribution >= 0.6 is 0 Å². The summed E-state index contributed by atoms with van der Waals surface area (Å²) in [6, 6.07) is -0.00466. The number of hydrogen-bond acceptors (Lipinski definition) is 6. The van der Waals surface area contributed by atoms with Gasteiger partial charge < -0.3 is 10.1 Å². The van der Waals surface area contributed by atoms with E-state index in [1.54, 1.807) is 0 Å². The van der Waals surface area contributed by atoms with Gasteiger partial charge in [-0.15, -0.1) is 0 Å². The third-order valence-corrected chi connectivity index (χ3v) is 5.16. The molecule has 2 unspecified atom stereocenters. The van der Waals surface area contributed by atoms with E-state index in [0.717, 1.165) is 12.4 Å². The Morgan fingerprint density at radius 2 is 2.19 bits per heavy atom. The highest BCUT2D eigenvalue weighted by Gasteiger charge is 2.47. The summed E-state index contributed by atoms with van der Waals surface area (Å²) in [5.41, 5.74) is -0.430. The molecule has 2 aliphatic heterocycles. The molecule has 9 heteroatoms. The topological polar surface area (TPSA) is 84.4 Å². The third kappa shape index (κ3) is 3.14. The number of rotatable bonds is 3. The smallest absolute Gasteiger partial charge is 0.223 e. The van der Waals surface area contributed by atoms with Gasteiger partial charge in [0.25, 0.3) is 0 Å². The van der Waals surface area contributed by atoms with Crippen LogP contribution in [0.3, 0.4) is 0 Å². The monoisotopic (exact) mass is 316 g/mol. The summed E-state index contributed by atoms with van der Waals surface area (Å²) in [7, 11) is -3.18. The largest absolute Gasteiger partial charge is 0.371 e. The van der Waals surface area contributed by atoms with Crippen LogP contribution in [0.4, 0.5) is 10.3 Å². The van der Waals surface area contributed by atoms with Gasteiger partial charge in [-0.2, -0.15) is 4.31 Å². The van der Waals surface area contributed by atoms with Crippen molar-refractivity contribution in [2.24, 2.45) is 0 Å². The van der Waals surface area contributed by atoms with E-state index in [-0.39, 0.29) is 6.04 Å². The van der Waals surface area contributed by atoms with E-state index in [4.69, 9.17) is 4.74 Å². The van der Waals surface area contributed by atoms with Crippen molar-refractivity contribution in [3.05, 3.63) is 18.2 Å². The zero-order valence-corrected chi connectivity index (χ0v) is 12.4. The van der Waals surface area contributed by atoms with Crippen molar-refractivity contribution in [2.45, 2.75) is 24.5 Å². The van der Waals surface area contributed by atoms with Gasteiger partial charge in [-0.3, -0.25) is 0 Å². The molecule has 7 nitrogen and oxygen atoms in total. The van der Waals surface area contributed by atoms with Gasteiger partial charge >= 0.3 is 0 Å². The molecule has 2 saturated heterocycles. The molecule has 0 aromatic carbocycles. The highest BCUT2D eigenvalue weighted by molar-refractivity contribution is 7.88. The quantitative estimate of drug-likeness (QED) is 0.859. The Morgan fingerprint density at radius 3 is 2.81 bits per heavy atom. The van der Waals surface area contributed by atoms with Crippen LogP contribution in [-0.2, 0) is 14.8 Å². The first kappa shape index (κ1) is 14.6. The number of nitrogens with zero attached hydrogens (tertiary/aromatic N) is 3. The molecule has 0 aliphatic carbocycles. The normalized spacial score (nSPS) is 30.1. The summed E-state index contributed by atoms with van der Waals surface area (Å²) in [4.78, 5) is 7.70. The summed E-state index contributed by atoms with van der Waals surface area (Å²) in [5, 5.41) is 3.09. The molecule has 2 aliphatic rings. The maximum atomic E-state index is 12.8. The first-order valence-electron chi connectivity index (χ1n) is 6.70. The molecule has 2 fully saturated rings. The Labute approximate surface area is 122 Å². The maximum absolute atomic E-state index is 12.8. The minimum atomic E-state index is -3.18. The zero-order valence-electron chi connectivity index (χ0n) is 11.6. The van der Waals surface area contributed by atoms with Crippen LogP contribution in [0.1, 0.15) is 12.8 Å². The zero-order chi connectivity index (χ0) is 15.1. The van der Waals surface area contributed by atoms with Gasteiger partial charge in [-0.1, -0.05) is 0 Å². The first-order chi connectivity index (χ1) is 9.86. The fourth-order valence-electron chi connectivity index (χ4n) is 2.88. The summed E-state index contributed by atoms with van der Waals surface area (Å²) < 4.78 is 43.2. The molecule has 0 bridgehead atoms. The molecule has 1 N–H and O–H groups in total. The van der Waals surface area contributed by atoms with Crippen molar-refractivity contribution < 1.29 is 17.5 Å². The summed E-state index contributed by atoms with van der Waals surface area (Å²) in [6.45, 7) is 1.32. The van der Waals surface area contributed by atoms with Crippen LogP contribution < -0.4 is 5.32 Å². The van der Waals surface area contributed by atoms with E-state index in [1.807, 2.05) is 0 Å².